The van der Waals surface area contributed by atoms with Crippen molar-refractivity contribution >= 4 is 11.1 Å². The minimum atomic E-state index is -1.93. The zero-order valence-corrected chi connectivity index (χ0v) is 9.56. The standard InChI is InChI=1S/C6H12O3S.Na/c7-10(8)4-3-9-5-6-1-2-6;/h6H,1-5H2,(H,7,8);/q;+1/p-1. The van der Waals surface area contributed by atoms with Crippen LogP contribution < -0.4 is 29.6 Å². The monoisotopic (exact) mass is 186 g/mol. The van der Waals surface area contributed by atoms with Gasteiger partial charge in [-0.25, -0.2) is 0 Å². The molecule has 1 aliphatic rings. The van der Waals surface area contributed by atoms with Crippen molar-refractivity contribution in [3.63, 3.8) is 0 Å². The Morgan fingerprint density at radius 1 is 1.55 bits per heavy atom. The molecule has 1 saturated carbocycles. The Hall–Kier alpha value is 1.07. The topological polar surface area (TPSA) is 49.4 Å². The molecule has 1 unspecified atom stereocenters. The molecule has 60 valence electrons. The minimum absolute atomic E-state index is 0. The average molecular weight is 186 g/mol. The summed E-state index contributed by atoms with van der Waals surface area (Å²) in [5.74, 6) is 0.854. The van der Waals surface area contributed by atoms with Crippen LogP contribution in [0, 0.1) is 5.92 Å². The summed E-state index contributed by atoms with van der Waals surface area (Å²) >= 11 is -1.93. The van der Waals surface area contributed by atoms with Crippen molar-refractivity contribution in [2.75, 3.05) is 19.0 Å². The van der Waals surface area contributed by atoms with E-state index in [1.54, 1.807) is 0 Å². The van der Waals surface area contributed by atoms with Gasteiger partial charge in [0.25, 0.3) is 0 Å². The summed E-state index contributed by atoms with van der Waals surface area (Å²) in [5.41, 5.74) is 0. The van der Waals surface area contributed by atoms with E-state index in [9.17, 15) is 8.76 Å². The van der Waals surface area contributed by atoms with Crippen LogP contribution in [0.4, 0.5) is 0 Å². The van der Waals surface area contributed by atoms with Gasteiger partial charge in [-0.15, -0.1) is 0 Å². The predicted octanol–water partition coefficient (Wildman–Crippen LogP) is -2.70. The van der Waals surface area contributed by atoms with Crippen LogP contribution in [0.3, 0.4) is 0 Å². The molecular formula is C6H11NaO3S. The Labute approximate surface area is 91.5 Å². The van der Waals surface area contributed by atoms with Crippen molar-refractivity contribution in [2.24, 2.45) is 5.92 Å². The quantitative estimate of drug-likeness (QED) is 0.266. The summed E-state index contributed by atoms with van der Waals surface area (Å²) in [4.78, 5) is 0. The molecule has 11 heavy (non-hydrogen) atoms. The fourth-order valence-corrected chi connectivity index (χ4v) is 0.915. The van der Waals surface area contributed by atoms with Gasteiger partial charge in [0.15, 0.2) is 0 Å². The van der Waals surface area contributed by atoms with Crippen LogP contribution in [-0.4, -0.2) is 27.7 Å². The second kappa shape index (κ2) is 6.57. The van der Waals surface area contributed by atoms with E-state index >= 15 is 0 Å². The molecule has 1 fully saturated rings. The van der Waals surface area contributed by atoms with Crippen molar-refractivity contribution in [1.29, 1.82) is 0 Å². The Morgan fingerprint density at radius 2 is 2.18 bits per heavy atom. The summed E-state index contributed by atoms with van der Waals surface area (Å²) in [5, 5.41) is 0. The molecule has 0 aromatic rings. The van der Waals surface area contributed by atoms with Gasteiger partial charge < -0.3 is 9.29 Å². The number of hydrogen-bond acceptors (Lipinski definition) is 3. The molecule has 1 aliphatic carbocycles. The van der Waals surface area contributed by atoms with Crippen LogP contribution >= 0.6 is 0 Å². The van der Waals surface area contributed by atoms with E-state index in [0.29, 0.717) is 6.61 Å². The van der Waals surface area contributed by atoms with Crippen molar-refractivity contribution in [3.8, 4) is 0 Å². The van der Waals surface area contributed by atoms with Gasteiger partial charge in [0, 0.05) is 12.4 Å². The van der Waals surface area contributed by atoms with Crippen LogP contribution in [0.1, 0.15) is 12.8 Å². The maximum atomic E-state index is 9.98. The Morgan fingerprint density at radius 3 is 2.64 bits per heavy atom. The van der Waals surface area contributed by atoms with Crippen LogP contribution in [0.25, 0.3) is 0 Å². The number of ether oxygens (including phenoxy) is 1. The molecule has 3 nitrogen and oxygen atoms in total. The van der Waals surface area contributed by atoms with Gasteiger partial charge in [-0.3, -0.25) is 4.21 Å². The van der Waals surface area contributed by atoms with Crippen LogP contribution in [0.15, 0.2) is 0 Å². The van der Waals surface area contributed by atoms with E-state index < -0.39 is 11.1 Å². The van der Waals surface area contributed by atoms with Gasteiger partial charge in [0.05, 0.1) is 6.61 Å². The summed E-state index contributed by atoms with van der Waals surface area (Å²) < 4.78 is 25.0. The summed E-state index contributed by atoms with van der Waals surface area (Å²) in [6.07, 6.45) is 2.50. The van der Waals surface area contributed by atoms with E-state index in [-0.39, 0.29) is 35.3 Å². The van der Waals surface area contributed by atoms with Gasteiger partial charge >= 0.3 is 29.6 Å². The molecule has 0 amide bonds. The van der Waals surface area contributed by atoms with E-state index in [1.165, 1.54) is 12.8 Å². The van der Waals surface area contributed by atoms with Gasteiger partial charge in [0.2, 0.25) is 0 Å². The third-order valence-corrected chi connectivity index (χ3v) is 1.94. The molecule has 0 bridgehead atoms. The molecule has 0 aromatic carbocycles. The fourth-order valence-electron chi connectivity index (χ4n) is 0.661. The maximum Gasteiger partial charge on any atom is 1.00 e. The van der Waals surface area contributed by atoms with E-state index in [4.69, 9.17) is 4.74 Å². The van der Waals surface area contributed by atoms with Crippen molar-refractivity contribution in [3.05, 3.63) is 0 Å². The molecule has 0 saturated heterocycles. The largest absolute Gasteiger partial charge is 1.00 e. The van der Waals surface area contributed by atoms with Gasteiger partial charge in [0.1, 0.15) is 0 Å². The SMILES string of the molecule is O=S([O-])CCOCC1CC1.[Na+]. The normalized spacial score (nSPS) is 19.0. The Kier molecular flexibility index (Phi) is 7.21. The molecule has 0 spiro atoms. The summed E-state index contributed by atoms with van der Waals surface area (Å²) in [6.45, 7) is 1.10. The summed E-state index contributed by atoms with van der Waals surface area (Å²) in [6, 6.07) is 0. The number of rotatable bonds is 5. The van der Waals surface area contributed by atoms with E-state index in [0.717, 1.165) is 12.5 Å². The zero-order chi connectivity index (χ0) is 7.40. The third kappa shape index (κ3) is 7.43. The second-order valence-corrected chi connectivity index (χ2v) is 3.54. The molecule has 1 atom stereocenters. The third-order valence-electron chi connectivity index (χ3n) is 1.44. The molecular weight excluding hydrogens is 175 g/mol. The van der Waals surface area contributed by atoms with Crippen LogP contribution in [0.2, 0.25) is 0 Å². The smallest absolute Gasteiger partial charge is 0.772 e. The molecule has 0 heterocycles. The molecule has 0 radical (unpaired) electrons. The molecule has 5 heteroatoms. The first kappa shape index (κ1) is 12.1. The molecule has 0 aromatic heterocycles. The van der Waals surface area contributed by atoms with Gasteiger partial charge in [-0.1, -0.05) is 11.1 Å². The molecule has 0 aliphatic heterocycles. The van der Waals surface area contributed by atoms with Gasteiger partial charge in [-0.2, -0.15) is 0 Å². The minimum Gasteiger partial charge on any atom is -0.772 e. The first-order valence-electron chi connectivity index (χ1n) is 3.42. The fraction of sp³-hybridized carbons (Fsp3) is 1.00. The number of hydrogen-bond donors (Lipinski definition) is 0. The predicted molar refractivity (Wildman–Crippen MR) is 37.3 cm³/mol. The molecule has 1 rings (SSSR count). The first-order valence-corrected chi connectivity index (χ1v) is 4.67. The van der Waals surface area contributed by atoms with Crippen LogP contribution in [-0.2, 0) is 15.8 Å². The maximum absolute atomic E-state index is 9.98. The Bertz CT molecular complexity index is 127. The molecule has 0 N–H and O–H groups in total. The van der Waals surface area contributed by atoms with Gasteiger partial charge in [-0.05, 0) is 18.8 Å². The second-order valence-electron chi connectivity index (χ2n) is 2.53. The Balaban J connectivity index is 0.000001000. The first-order chi connectivity index (χ1) is 4.79. The summed E-state index contributed by atoms with van der Waals surface area (Å²) in [7, 11) is 0. The van der Waals surface area contributed by atoms with Crippen molar-refractivity contribution in [1.82, 2.24) is 0 Å². The zero-order valence-electron chi connectivity index (χ0n) is 6.75. The van der Waals surface area contributed by atoms with Crippen molar-refractivity contribution < 1.29 is 43.1 Å². The van der Waals surface area contributed by atoms with E-state index in [1.807, 2.05) is 0 Å². The average Bonchev–Trinajstić information content (AvgIpc) is 2.62. The van der Waals surface area contributed by atoms with E-state index in [2.05, 4.69) is 0 Å². The van der Waals surface area contributed by atoms with Crippen LogP contribution in [0.5, 0.6) is 0 Å². The van der Waals surface area contributed by atoms with Crippen molar-refractivity contribution in [2.45, 2.75) is 12.8 Å².